The number of anilines is 1. The third-order valence-electron chi connectivity index (χ3n) is 2.79. The largest absolute Gasteiger partial charge is 0.375 e. The number of thiazole rings is 1. The Kier molecular flexibility index (Phi) is 2.90. The third-order valence-corrected chi connectivity index (χ3v) is 3.48. The van der Waals surface area contributed by atoms with Gasteiger partial charge in [0, 0.05) is 18.8 Å². The lowest BCUT2D eigenvalue weighted by atomic mass is 10.00. The second kappa shape index (κ2) is 4.18. The van der Waals surface area contributed by atoms with Gasteiger partial charge in [-0.25, -0.2) is 4.98 Å². The van der Waals surface area contributed by atoms with Gasteiger partial charge in [0.25, 0.3) is 0 Å². The Bertz CT molecular complexity index is 363. The van der Waals surface area contributed by atoms with Crippen molar-refractivity contribution < 1.29 is 4.79 Å². The second-order valence-electron chi connectivity index (χ2n) is 3.83. The van der Waals surface area contributed by atoms with Crippen LogP contribution < -0.4 is 5.73 Å². The summed E-state index contributed by atoms with van der Waals surface area (Å²) in [6, 6.07) is 0.143. The van der Waals surface area contributed by atoms with Crippen molar-refractivity contribution in [1.82, 2.24) is 9.88 Å². The molecule has 4 nitrogen and oxygen atoms in total. The average Bonchev–Trinajstić information content (AvgIpc) is 2.65. The molecule has 0 bridgehead atoms. The van der Waals surface area contributed by atoms with Crippen LogP contribution in [0.2, 0.25) is 0 Å². The maximum atomic E-state index is 11.5. The van der Waals surface area contributed by atoms with Crippen LogP contribution in [-0.2, 0) is 4.79 Å². The van der Waals surface area contributed by atoms with E-state index in [0.717, 1.165) is 31.5 Å². The molecule has 82 valence electrons. The third kappa shape index (κ3) is 2.12. The normalized spacial score (nSPS) is 21.7. The first-order valence-electron chi connectivity index (χ1n) is 5.16. The molecule has 1 saturated heterocycles. The first-order valence-corrected chi connectivity index (χ1v) is 6.04. The molecule has 2 heterocycles. The molecule has 1 atom stereocenters. The molecule has 2 rings (SSSR count). The molecule has 1 amide bonds. The van der Waals surface area contributed by atoms with E-state index in [-0.39, 0.29) is 11.9 Å². The SMILES string of the molecule is CC(=O)N1CCCCC1c1csc(N)n1. The van der Waals surface area contributed by atoms with Crippen molar-refractivity contribution in [3.05, 3.63) is 11.1 Å². The van der Waals surface area contributed by atoms with E-state index in [4.69, 9.17) is 5.73 Å². The van der Waals surface area contributed by atoms with Crippen LogP contribution in [0.5, 0.6) is 0 Å². The Balaban J connectivity index is 2.21. The van der Waals surface area contributed by atoms with E-state index in [9.17, 15) is 4.79 Å². The Morgan fingerprint density at radius 3 is 3.07 bits per heavy atom. The van der Waals surface area contributed by atoms with Gasteiger partial charge in [-0.2, -0.15) is 0 Å². The van der Waals surface area contributed by atoms with E-state index in [1.165, 1.54) is 11.3 Å². The molecule has 5 heteroatoms. The van der Waals surface area contributed by atoms with Crippen molar-refractivity contribution in [1.29, 1.82) is 0 Å². The fourth-order valence-electron chi connectivity index (χ4n) is 2.07. The van der Waals surface area contributed by atoms with Crippen molar-refractivity contribution in [2.45, 2.75) is 32.2 Å². The first-order chi connectivity index (χ1) is 7.18. The molecule has 1 unspecified atom stereocenters. The smallest absolute Gasteiger partial charge is 0.220 e. The van der Waals surface area contributed by atoms with E-state index in [1.807, 2.05) is 10.3 Å². The maximum absolute atomic E-state index is 11.5. The highest BCUT2D eigenvalue weighted by molar-refractivity contribution is 7.13. The van der Waals surface area contributed by atoms with Crippen LogP contribution >= 0.6 is 11.3 Å². The Hall–Kier alpha value is -1.10. The van der Waals surface area contributed by atoms with Crippen LogP contribution in [0.4, 0.5) is 5.13 Å². The number of nitrogens with zero attached hydrogens (tertiary/aromatic N) is 2. The summed E-state index contributed by atoms with van der Waals surface area (Å²) >= 11 is 1.44. The molecule has 0 spiro atoms. The van der Waals surface area contributed by atoms with E-state index >= 15 is 0 Å². The van der Waals surface area contributed by atoms with Crippen LogP contribution in [0.15, 0.2) is 5.38 Å². The molecular formula is C10H15N3OS. The number of rotatable bonds is 1. The standard InChI is InChI=1S/C10H15N3OS/c1-7(14)13-5-3-2-4-9(13)8-6-15-10(11)12-8/h6,9H,2-5H2,1H3,(H2,11,12). The Morgan fingerprint density at radius 1 is 1.67 bits per heavy atom. The predicted octanol–water partition coefficient (Wildman–Crippen LogP) is 1.80. The van der Waals surface area contributed by atoms with Gasteiger partial charge in [-0.3, -0.25) is 4.79 Å². The van der Waals surface area contributed by atoms with Crippen molar-refractivity contribution in [2.75, 3.05) is 12.3 Å². The zero-order chi connectivity index (χ0) is 10.8. The number of amides is 1. The number of likely N-dealkylation sites (tertiary alicyclic amines) is 1. The average molecular weight is 225 g/mol. The summed E-state index contributed by atoms with van der Waals surface area (Å²) in [7, 11) is 0. The summed E-state index contributed by atoms with van der Waals surface area (Å²) < 4.78 is 0. The van der Waals surface area contributed by atoms with Crippen LogP contribution in [0.1, 0.15) is 37.9 Å². The van der Waals surface area contributed by atoms with Crippen molar-refractivity contribution in [3.8, 4) is 0 Å². The topological polar surface area (TPSA) is 59.2 Å². The van der Waals surface area contributed by atoms with Gasteiger partial charge in [-0.05, 0) is 19.3 Å². The van der Waals surface area contributed by atoms with Gasteiger partial charge in [0.2, 0.25) is 5.91 Å². The molecule has 1 fully saturated rings. The highest BCUT2D eigenvalue weighted by Gasteiger charge is 2.27. The molecule has 1 aliphatic heterocycles. The van der Waals surface area contributed by atoms with Crippen molar-refractivity contribution in [2.24, 2.45) is 0 Å². The Labute approximate surface area is 93.1 Å². The molecule has 1 aromatic heterocycles. The summed E-state index contributed by atoms with van der Waals surface area (Å²) in [5.41, 5.74) is 6.56. The number of hydrogen-bond acceptors (Lipinski definition) is 4. The van der Waals surface area contributed by atoms with Gasteiger partial charge in [0.1, 0.15) is 0 Å². The molecule has 0 aliphatic carbocycles. The summed E-state index contributed by atoms with van der Waals surface area (Å²) in [6.45, 7) is 2.46. The lowest BCUT2D eigenvalue weighted by Gasteiger charge is -2.33. The number of hydrogen-bond donors (Lipinski definition) is 1. The highest BCUT2D eigenvalue weighted by Crippen LogP contribution is 2.31. The lowest BCUT2D eigenvalue weighted by molar-refractivity contribution is -0.132. The molecule has 2 N–H and O–H groups in total. The van der Waals surface area contributed by atoms with Gasteiger partial charge in [-0.1, -0.05) is 0 Å². The number of carbonyl (C=O) groups excluding carboxylic acids is 1. The predicted molar refractivity (Wildman–Crippen MR) is 60.5 cm³/mol. The monoisotopic (exact) mass is 225 g/mol. The van der Waals surface area contributed by atoms with E-state index in [0.29, 0.717) is 5.13 Å². The van der Waals surface area contributed by atoms with Crippen molar-refractivity contribution in [3.63, 3.8) is 0 Å². The summed E-state index contributed by atoms with van der Waals surface area (Å²) in [5.74, 6) is 0.131. The first kappa shape index (κ1) is 10.4. The summed E-state index contributed by atoms with van der Waals surface area (Å²) in [6.07, 6.45) is 3.25. The summed E-state index contributed by atoms with van der Waals surface area (Å²) in [5, 5.41) is 2.54. The molecule has 1 aromatic rings. The van der Waals surface area contributed by atoms with Gasteiger partial charge in [-0.15, -0.1) is 11.3 Å². The maximum Gasteiger partial charge on any atom is 0.220 e. The fourth-order valence-corrected chi connectivity index (χ4v) is 2.68. The summed E-state index contributed by atoms with van der Waals surface area (Å²) in [4.78, 5) is 17.6. The minimum Gasteiger partial charge on any atom is -0.375 e. The molecule has 0 saturated carbocycles. The van der Waals surface area contributed by atoms with Gasteiger partial charge in [0.15, 0.2) is 5.13 Å². The molecular weight excluding hydrogens is 210 g/mol. The number of piperidine rings is 1. The van der Waals surface area contributed by atoms with Gasteiger partial charge in [0.05, 0.1) is 11.7 Å². The van der Waals surface area contributed by atoms with Gasteiger partial charge >= 0.3 is 0 Å². The minimum absolute atomic E-state index is 0.131. The number of nitrogen functional groups attached to an aromatic ring is 1. The second-order valence-corrected chi connectivity index (χ2v) is 4.72. The zero-order valence-corrected chi connectivity index (χ0v) is 9.59. The van der Waals surface area contributed by atoms with Crippen LogP contribution in [0.25, 0.3) is 0 Å². The quantitative estimate of drug-likeness (QED) is 0.792. The molecule has 0 aromatic carbocycles. The Morgan fingerprint density at radius 2 is 2.47 bits per heavy atom. The number of aromatic nitrogens is 1. The lowest BCUT2D eigenvalue weighted by Crippen LogP contribution is -2.37. The van der Waals surface area contributed by atoms with E-state index < -0.39 is 0 Å². The number of carbonyl (C=O) groups is 1. The van der Waals surface area contributed by atoms with Crippen LogP contribution in [0, 0.1) is 0 Å². The molecule has 15 heavy (non-hydrogen) atoms. The van der Waals surface area contributed by atoms with Gasteiger partial charge < -0.3 is 10.6 Å². The number of nitrogens with two attached hydrogens (primary N) is 1. The highest BCUT2D eigenvalue weighted by atomic mass is 32.1. The fraction of sp³-hybridized carbons (Fsp3) is 0.600. The minimum atomic E-state index is 0.131. The molecule has 1 aliphatic rings. The van der Waals surface area contributed by atoms with Crippen LogP contribution in [-0.4, -0.2) is 22.3 Å². The van der Waals surface area contributed by atoms with E-state index in [2.05, 4.69) is 4.98 Å². The zero-order valence-electron chi connectivity index (χ0n) is 8.77. The van der Waals surface area contributed by atoms with Crippen LogP contribution in [0.3, 0.4) is 0 Å². The van der Waals surface area contributed by atoms with E-state index in [1.54, 1.807) is 6.92 Å². The molecule has 0 radical (unpaired) electrons. The van der Waals surface area contributed by atoms with Crippen molar-refractivity contribution >= 4 is 22.4 Å².